The summed E-state index contributed by atoms with van der Waals surface area (Å²) in [6.07, 6.45) is -4.00. The molecular formula is C9H9BrF3NO2S. The van der Waals surface area contributed by atoms with Crippen LogP contribution in [0.5, 0.6) is 0 Å². The second-order valence-electron chi connectivity index (χ2n) is 3.42. The molecule has 0 saturated heterocycles. The molecule has 0 aliphatic rings. The third-order valence-electron chi connectivity index (χ3n) is 1.86. The summed E-state index contributed by atoms with van der Waals surface area (Å²) in [5.41, 5.74) is -0.161. The molecule has 1 atom stereocenters. The van der Waals surface area contributed by atoms with Crippen molar-refractivity contribution in [2.45, 2.75) is 12.2 Å². The molecule has 0 fully saturated rings. The molecular weight excluding hydrogens is 323 g/mol. The second-order valence-corrected chi connectivity index (χ2v) is 6.11. The van der Waals surface area contributed by atoms with E-state index in [1.165, 1.54) is 24.3 Å². The Morgan fingerprint density at radius 2 is 1.71 bits per heavy atom. The third kappa shape index (κ3) is 4.64. The molecule has 1 N–H and O–H groups in total. The van der Waals surface area contributed by atoms with Crippen molar-refractivity contribution in [3.05, 3.63) is 34.3 Å². The lowest BCUT2D eigenvalue weighted by Gasteiger charge is -2.20. The molecule has 0 bridgehead atoms. The van der Waals surface area contributed by atoms with Gasteiger partial charge >= 0.3 is 6.18 Å². The predicted molar refractivity (Wildman–Crippen MR) is 60.9 cm³/mol. The molecule has 96 valence electrons. The molecule has 1 aromatic carbocycles. The Labute approximate surface area is 105 Å². The van der Waals surface area contributed by atoms with Crippen molar-refractivity contribution in [2.75, 3.05) is 6.26 Å². The van der Waals surface area contributed by atoms with E-state index in [0.29, 0.717) is 10.7 Å². The van der Waals surface area contributed by atoms with Gasteiger partial charge in [-0.15, -0.1) is 0 Å². The lowest BCUT2D eigenvalue weighted by atomic mass is 10.1. The lowest BCUT2D eigenvalue weighted by Crippen LogP contribution is -2.37. The van der Waals surface area contributed by atoms with Gasteiger partial charge in [0.1, 0.15) is 6.04 Å². The van der Waals surface area contributed by atoms with Crippen LogP contribution >= 0.6 is 15.9 Å². The van der Waals surface area contributed by atoms with E-state index in [2.05, 4.69) is 15.9 Å². The van der Waals surface area contributed by atoms with Gasteiger partial charge in [-0.1, -0.05) is 28.1 Å². The second kappa shape index (κ2) is 4.95. The highest BCUT2D eigenvalue weighted by Gasteiger charge is 2.42. The summed E-state index contributed by atoms with van der Waals surface area (Å²) in [6, 6.07) is 3.02. The number of hydrogen-bond donors (Lipinski definition) is 1. The zero-order chi connectivity index (χ0) is 13.3. The van der Waals surface area contributed by atoms with Gasteiger partial charge in [0.05, 0.1) is 6.26 Å². The van der Waals surface area contributed by atoms with Crippen molar-refractivity contribution in [3.8, 4) is 0 Å². The van der Waals surface area contributed by atoms with Crippen LogP contribution in [0.25, 0.3) is 0 Å². The summed E-state index contributed by atoms with van der Waals surface area (Å²) in [7, 11) is -3.95. The number of alkyl halides is 3. The number of nitrogens with one attached hydrogen (secondary N) is 1. The van der Waals surface area contributed by atoms with Crippen LogP contribution in [0.2, 0.25) is 0 Å². The molecule has 1 rings (SSSR count). The van der Waals surface area contributed by atoms with Gasteiger partial charge in [-0.05, 0) is 17.7 Å². The molecule has 0 radical (unpaired) electrons. The van der Waals surface area contributed by atoms with Crippen LogP contribution in [-0.4, -0.2) is 20.8 Å². The molecule has 0 saturated carbocycles. The van der Waals surface area contributed by atoms with E-state index in [9.17, 15) is 21.6 Å². The molecule has 0 spiro atoms. The summed E-state index contributed by atoms with van der Waals surface area (Å²) in [5, 5.41) is 0. The number of halogens is 4. The van der Waals surface area contributed by atoms with E-state index >= 15 is 0 Å². The average molecular weight is 332 g/mol. The van der Waals surface area contributed by atoms with Crippen molar-refractivity contribution in [2.24, 2.45) is 0 Å². The fraction of sp³-hybridized carbons (Fsp3) is 0.333. The van der Waals surface area contributed by atoms with Gasteiger partial charge in [0, 0.05) is 4.47 Å². The smallest absolute Gasteiger partial charge is 0.213 e. The maximum atomic E-state index is 12.7. The van der Waals surface area contributed by atoms with E-state index in [4.69, 9.17) is 0 Å². The van der Waals surface area contributed by atoms with Gasteiger partial charge in [0.25, 0.3) is 0 Å². The van der Waals surface area contributed by atoms with Crippen LogP contribution in [0.3, 0.4) is 0 Å². The van der Waals surface area contributed by atoms with Crippen LogP contribution in [0, 0.1) is 0 Å². The van der Waals surface area contributed by atoms with E-state index in [1.54, 1.807) is 4.72 Å². The minimum atomic E-state index is -4.68. The lowest BCUT2D eigenvalue weighted by molar-refractivity contribution is -0.153. The van der Waals surface area contributed by atoms with Gasteiger partial charge in [0.2, 0.25) is 10.0 Å². The Bertz CT molecular complexity index is 484. The average Bonchev–Trinajstić information content (AvgIpc) is 2.13. The van der Waals surface area contributed by atoms with Crippen LogP contribution in [0.1, 0.15) is 11.6 Å². The third-order valence-corrected chi connectivity index (χ3v) is 3.06. The molecule has 17 heavy (non-hydrogen) atoms. The summed E-state index contributed by atoms with van der Waals surface area (Å²) >= 11 is 3.09. The van der Waals surface area contributed by atoms with Crippen molar-refractivity contribution in [1.29, 1.82) is 0 Å². The van der Waals surface area contributed by atoms with Gasteiger partial charge in [0.15, 0.2) is 0 Å². The normalized spacial score (nSPS) is 14.6. The minimum Gasteiger partial charge on any atom is -0.213 e. The summed E-state index contributed by atoms with van der Waals surface area (Å²) in [4.78, 5) is 0. The van der Waals surface area contributed by atoms with Crippen molar-refractivity contribution in [3.63, 3.8) is 0 Å². The SMILES string of the molecule is CS(=O)(=O)NC(c1ccc(Br)cc1)C(F)(F)F. The van der Waals surface area contributed by atoms with Gasteiger partial charge in [-0.3, -0.25) is 0 Å². The highest BCUT2D eigenvalue weighted by molar-refractivity contribution is 9.10. The first-order chi connectivity index (χ1) is 7.59. The summed E-state index contributed by atoms with van der Waals surface area (Å²) in [6.45, 7) is 0. The first kappa shape index (κ1) is 14.5. The standard InChI is InChI=1S/C9H9BrF3NO2S/c1-17(15,16)14-8(9(11,12)13)6-2-4-7(10)5-3-6/h2-5,8,14H,1H3. The monoisotopic (exact) mass is 331 g/mol. The van der Waals surface area contributed by atoms with E-state index in [-0.39, 0.29) is 5.56 Å². The zero-order valence-electron chi connectivity index (χ0n) is 8.62. The molecule has 1 unspecified atom stereocenters. The Morgan fingerprint density at radius 1 is 1.24 bits per heavy atom. The first-order valence-electron chi connectivity index (χ1n) is 4.39. The van der Waals surface area contributed by atoms with Gasteiger partial charge in [-0.25, -0.2) is 8.42 Å². The Morgan fingerprint density at radius 3 is 2.06 bits per heavy atom. The Balaban J connectivity index is 3.12. The van der Waals surface area contributed by atoms with Crippen molar-refractivity contribution in [1.82, 2.24) is 4.72 Å². The topological polar surface area (TPSA) is 46.2 Å². The number of sulfonamides is 1. The number of rotatable bonds is 3. The molecule has 0 aliphatic heterocycles. The first-order valence-corrected chi connectivity index (χ1v) is 7.07. The fourth-order valence-electron chi connectivity index (χ4n) is 1.19. The number of benzene rings is 1. The summed E-state index contributed by atoms with van der Waals surface area (Å²) < 4.78 is 62.1. The number of hydrogen-bond acceptors (Lipinski definition) is 2. The maximum absolute atomic E-state index is 12.7. The summed E-state index contributed by atoms with van der Waals surface area (Å²) in [5.74, 6) is 0. The van der Waals surface area contributed by atoms with E-state index in [1.807, 2.05) is 0 Å². The van der Waals surface area contributed by atoms with Crippen molar-refractivity contribution < 1.29 is 21.6 Å². The quantitative estimate of drug-likeness (QED) is 0.925. The molecule has 0 amide bonds. The molecule has 1 aromatic rings. The van der Waals surface area contributed by atoms with Crippen LogP contribution in [-0.2, 0) is 10.0 Å². The highest BCUT2D eigenvalue weighted by Crippen LogP contribution is 2.33. The molecule has 8 heteroatoms. The van der Waals surface area contributed by atoms with E-state index < -0.39 is 22.2 Å². The largest absolute Gasteiger partial charge is 0.408 e. The fourth-order valence-corrected chi connectivity index (χ4v) is 2.16. The van der Waals surface area contributed by atoms with Crippen LogP contribution < -0.4 is 4.72 Å². The molecule has 0 heterocycles. The maximum Gasteiger partial charge on any atom is 0.408 e. The Kier molecular flexibility index (Phi) is 4.21. The van der Waals surface area contributed by atoms with Crippen molar-refractivity contribution >= 4 is 26.0 Å². The molecule has 0 aromatic heterocycles. The van der Waals surface area contributed by atoms with Gasteiger partial charge < -0.3 is 0 Å². The Hall–Kier alpha value is -0.600. The minimum absolute atomic E-state index is 0.161. The molecule has 3 nitrogen and oxygen atoms in total. The zero-order valence-corrected chi connectivity index (χ0v) is 11.0. The predicted octanol–water partition coefficient (Wildman–Crippen LogP) is 2.60. The molecule has 0 aliphatic carbocycles. The highest BCUT2D eigenvalue weighted by atomic mass is 79.9. The van der Waals surface area contributed by atoms with Crippen LogP contribution in [0.15, 0.2) is 28.7 Å². The van der Waals surface area contributed by atoms with E-state index in [0.717, 1.165) is 0 Å². The van der Waals surface area contributed by atoms with Gasteiger partial charge in [-0.2, -0.15) is 17.9 Å². The van der Waals surface area contributed by atoms with Crippen LogP contribution in [0.4, 0.5) is 13.2 Å².